The monoisotopic (exact) mass is 336 g/mol. The maximum Gasteiger partial charge on any atom is 0.416 e. The lowest BCUT2D eigenvalue weighted by molar-refractivity contribution is -0.137. The van der Waals surface area contributed by atoms with Crippen molar-refractivity contribution < 1.29 is 23.1 Å². The minimum atomic E-state index is -4.48. The van der Waals surface area contributed by atoms with Crippen molar-refractivity contribution in [1.29, 1.82) is 0 Å². The Kier molecular flexibility index (Phi) is 4.19. The van der Waals surface area contributed by atoms with Crippen molar-refractivity contribution in [3.8, 4) is 0 Å². The number of aliphatic hydroxyl groups excluding tert-OH is 1. The van der Waals surface area contributed by atoms with Crippen LogP contribution in [0.4, 0.5) is 23.7 Å². The molecule has 126 valence electrons. The highest BCUT2D eigenvalue weighted by Crippen LogP contribution is 2.32. The Labute approximate surface area is 136 Å². The molecule has 1 aliphatic carbocycles. The smallest absolute Gasteiger partial charge is 0.390 e. The molecular formula is C17H15F3N2O2. The molecule has 2 aromatic carbocycles. The zero-order valence-electron chi connectivity index (χ0n) is 12.5. The molecule has 0 unspecified atom stereocenters. The molecule has 24 heavy (non-hydrogen) atoms. The molecule has 0 fully saturated rings. The van der Waals surface area contributed by atoms with Crippen molar-refractivity contribution in [2.45, 2.75) is 24.7 Å². The Balaban J connectivity index is 1.71. The van der Waals surface area contributed by atoms with Gasteiger partial charge in [0.15, 0.2) is 0 Å². The van der Waals surface area contributed by atoms with Gasteiger partial charge >= 0.3 is 12.2 Å². The molecule has 1 aliphatic rings. The van der Waals surface area contributed by atoms with Crippen LogP contribution in [0.15, 0.2) is 48.5 Å². The number of anilines is 1. The van der Waals surface area contributed by atoms with Crippen LogP contribution in [-0.2, 0) is 12.6 Å². The molecule has 0 saturated heterocycles. The summed E-state index contributed by atoms with van der Waals surface area (Å²) in [5.41, 5.74) is 0.938. The summed E-state index contributed by atoms with van der Waals surface area (Å²) in [5.74, 6) is 0. The maximum atomic E-state index is 12.7. The van der Waals surface area contributed by atoms with Crippen LogP contribution < -0.4 is 10.6 Å². The van der Waals surface area contributed by atoms with Crippen LogP contribution in [0.2, 0.25) is 0 Å². The predicted molar refractivity (Wildman–Crippen MR) is 82.5 cm³/mol. The molecule has 0 bridgehead atoms. The molecule has 2 amide bonds. The molecule has 0 aromatic heterocycles. The summed E-state index contributed by atoms with van der Waals surface area (Å²) in [7, 11) is 0. The highest BCUT2D eigenvalue weighted by atomic mass is 19.4. The van der Waals surface area contributed by atoms with Crippen molar-refractivity contribution in [2.24, 2.45) is 0 Å². The zero-order valence-corrected chi connectivity index (χ0v) is 12.5. The number of aliphatic hydroxyl groups is 1. The summed E-state index contributed by atoms with van der Waals surface area (Å²) >= 11 is 0. The highest BCUT2D eigenvalue weighted by molar-refractivity contribution is 5.89. The quantitative estimate of drug-likeness (QED) is 0.786. The number of alkyl halides is 3. The van der Waals surface area contributed by atoms with Gasteiger partial charge < -0.3 is 15.7 Å². The highest BCUT2D eigenvalue weighted by Gasteiger charge is 2.32. The fourth-order valence-corrected chi connectivity index (χ4v) is 2.83. The van der Waals surface area contributed by atoms with Crippen molar-refractivity contribution >= 4 is 11.7 Å². The maximum absolute atomic E-state index is 12.7. The van der Waals surface area contributed by atoms with E-state index in [1.165, 1.54) is 12.1 Å². The molecular weight excluding hydrogens is 321 g/mol. The molecule has 0 spiro atoms. The molecule has 3 rings (SSSR count). The first-order chi connectivity index (χ1) is 11.3. The van der Waals surface area contributed by atoms with Crippen molar-refractivity contribution in [3.05, 3.63) is 65.2 Å². The average Bonchev–Trinajstić information content (AvgIpc) is 2.83. The molecule has 7 heteroatoms. The number of rotatable bonds is 2. The van der Waals surface area contributed by atoms with Gasteiger partial charge in [0.2, 0.25) is 0 Å². The first-order valence-electron chi connectivity index (χ1n) is 7.35. The molecule has 2 aromatic rings. The SMILES string of the molecule is O=C(Nc1cccc(C(F)(F)F)c1)N[C@@H]1c2ccccc2C[C@@H]1O. The van der Waals surface area contributed by atoms with E-state index in [2.05, 4.69) is 10.6 Å². The summed E-state index contributed by atoms with van der Waals surface area (Å²) < 4.78 is 38.1. The van der Waals surface area contributed by atoms with Crippen molar-refractivity contribution in [1.82, 2.24) is 5.32 Å². The largest absolute Gasteiger partial charge is 0.416 e. The molecule has 0 saturated carbocycles. The van der Waals surface area contributed by atoms with E-state index >= 15 is 0 Å². The Morgan fingerprint density at radius 2 is 1.88 bits per heavy atom. The second kappa shape index (κ2) is 6.16. The van der Waals surface area contributed by atoms with E-state index in [9.17, 15) is 23.1 Å². The number of carbonyl (C=O) groups excluding carboxylic acids is 1. The van der Waals surface area contributed by atoms with E-state index in [0.717, 1.165) is 23.3 Å². The number of amides is 2. The Bertz CT molecular complexity index is 761. The van der Waals surface area contributed by atoms with Gasteiger partial charge in [-0.3, -0.25) is 0 Å². The number of carbonyl (C=O) groups is 1. The number of fused-ring (bicyclic) bond motifs is 1. The van der Waals surface area contributed by atoms with Gasteiger partial charge in [-0.25, -0.2) is 4.79 Å². The van der Waals surface area contributed by atoms with Crippen LogP contribution in [0, 0.1) is 0 Å². The summed E-state index contributed by atoms with van der Waals surface area (Å²) in [6.07, 6.45) is -4.82. The lowest BCUT2D eigenvalue weighted by Crippen LogP contribution is -2.36. The number of hydrogen-bond acceptors (Lipinski definition) is 2. The number of nitrogens with one attached hydrogen (secondary N) is 2. The standard InChI is InChI=1S/C17H15F3N2O2/c18-17(19,20)11-5-3-6-12(9-11)21-16(24)22-15-13-7-2-1-4-10(13)8-14(15)23/h1-7,9,14-15,23H,8H2,(H2,21,22,24)/t14-,15+/m0/s1. The minimum absolute atomic E-state index is 0.0306. The summed E-state index contributed by atoms with van der Waals surface area (Å²) in [4.78, 5) is 12.1. The predicted octanol–water partition coefficient (Wildman–Crippen LogP) is 3.49. The van der Waals surface area contributed by atoms with Gasteiger partial charge in [-0.15, -0.1) is 0 Å². The first kappa shape index (κ1) is 16.3. The lowest BCUT2D eigenvalue weighted by Gasteiger charge is -2.18. The van der Waals surface area contributed by atoms with Crippen LogP contribution >= 0.6 is 0 Å². The summed E-state index contributed by atoms with van der Waals surface area (Å²) in [5, 5.41) is 15.1. The molecule has 2 atom stereocenters. The first-order valence-corrected chi connectivity index (χ1v) is 7.35. The van der Waals surface area contributed by atoms with Crippen molar-refractivity contribution in [3.63, 3.8) is 0 Å². The fraction of sp³-hybridized carbons (Fsp3) is 0.235. The number of benzene rings is 2. The zero-order chi connectivity index (χ0) is 17.3. The van der Waals surface area contributed by atoms with Crippen LogP contribution in [0.25, 0.3) is 0 Å². The Morgan fingerprint density at radius 1 is 1.12 bits per heavy atom. The molecule has 3 N–H and O–H groups in total. The Morgan fingerprint density at radius 3 is 2.62 bits per heavy atom. The third-order valence-corrected chi connectivity index (χ3v) is 3.94. The van der Waals surface area contributed by atoms with E-state index in [0.29, 0.717) is 6.42 Å². The van der Waals surface area contributed by atoms with E-state index in [1.807, 2.05) is 12.1 Å². The summed E-state index contributed by atoms with van der Waals surface area (Å²) in [6, 6.07) is 10.4. The van der Waals surface area contributed by atoms with Gasteiger partial charge in [0.25, 0.3) is 0 Å². The van der Waals surface area contributed by atoms with Gasteiger partial charge in [0.1, 0.15) is 0 Å². The topological polar surface area (TPSA) is 61.4 Å². The van der Waals surface area contributed by atoms with Crippen LogP contribution in [-0.4, -0.2) is 17.2 Å². The average molecular weight is 336 g/mol. The van der Waals surface area contributed by atoms with Gasteiger partial charge in [-0.1, -0.05) is 30.3 Å². The molecule has 4 nitrogen and oxygen atoms in total. The molecule has 0 heterocycles. The van der Waals surface area contributed by atoms with Gasteiger partial charge in [-0.2, -0.15) is 13.2 Å². The summed E-state index contributed by atoms with van der Waals surface area (Å²) in [6.45, 7) is 0. The van der Waals surface area contributed by atoms with Crippen LogP contribution in [0.5, 0.6) is 0 Å². The van der Waals surface area contributed by atoms with Gasteiger partial charge in [0, 0.05) is 12.1 Å². The van der Waals surface area contributed by atoms with Crippen molar-refractivity contribution in [2.75, 3.05) is 5.32 Å². The number of hydrogen-bond donors (Lipinski definition) is 3. The second-order valence-corrected chi connectivity index (χ2v) is 5.62. The van der Waals surface area contributed by atoms with Crippen LogP contribution in [0.1, 0.15) is 22.7 Å². The van der Waals surface area contributed by atoms with E-state index in [4.69, 9.17) is 0 Å². The van der Waals surface area contributed by atoms with E-state index < -0.39 is 29.9 Å². The third kappa shape index (κ3) is 3.35. The fourth-order valence-electron chi connectivity index (χ4n) is 2.83. The van der Waals surface area contributed by atoms with Gasteiger partial charge in [0.05, 0.1) is 17.7 Å². The molecule has 0 aliphatic heterocycles. The number of halogens is 3. The normalized spacial score (nSPS) is 19.7. The lowest BCUT2D eigenvalue weighted by atomic mass is 10.1. The molecule has 0 radical (unpaired) electrons. The second-order valence-electron chi connectivity index (χ2n) is 5.62. The minimum Gasteiger partial charge on any atom is -0.390 e. The van der Waals surface area contributed by atoms with Crippen LogP contribution in [0.3, 0.4) is 0 Å². The Hall–Kier alpha value is -2.54. The van der Waals surface area contributed by atoms with E-state index in [1.54, 1.807) is 12.1 Å². The van der Waals surface area contributed by atoms with E-state index in [-0.39, 0.29) is 5.69 Å². The third-order valence-electron chi connectivity index (χ3n) is 3.94. The van der Waals surface area contributed by atoms with Gasteiger partial charge in [-0.05, 0) is 29.3 Å². The number of urea groups is 1.